The van der Waals surface area contributed by atoms with E-state index in [0.29, 0.717) is 52.4 Å². The lowest BCUT2D eigenvalue weighted by Gasteiger charge is -2.36. The Kier molecular flexibility index (Phi) is 8.82. The summed E-state index contributed by atoms with van der Waals surface area (Å²) in [6, 6.07) is 10.2. The Morgan fingerprint density at radius 2 is 1.53 bits per heavy atom. The highest BCUT2D eigenvalue weighted by atomic mass is 32.2. The minimum absolute atomic E-state index is 0.0425. The maximum atomic E-state index is 12.4. The normalized spacial score (nSPS) is 17.0. The zero-order chi connectivity index (χ0) is 21.2. The maximum Gasteiger partial charge on any atom is 0.232 e. The number of nitrogens with one attached hydrogen (secondary N) is 1. The molecule has 2 aliphatic heterocycles. The van der Waals surface area contributed by atoms with Gasteiger partial charge in [0.05, 0.1) is 24.7 Å². The first-order valence-electron chi connectivity index (χ1n) is 10.4. The number of benzene rings is 1. The third kappa shape index (κ3) is 6.91. The quantitative estimate of drug-likeness (QED) is 0.639. The van der Waals surface area contributed by atoms with Gasteiger partial charge in [0.25, 0.3) is 0 Å². The average molecular weight is 435 g/mol. The Labute approximate surface area is 181 Å². The molecule has 30 heavy (non-hydrogen) atoms. The SMILES string of the molecule is O=C(CSCC(=O)N1CCOCC1)NCCC(=O)N1CCN(c2ccccc2)CC1. The molecule has 164 valence electrons. The topological polar surface area (TPSA) is 82.2 Å². The number of hydrogen-bond acceptors (Lipinski definition) is 6. The first kappa shape index (κ1) is 22.4. The number of morpholine rings is 1. The van der Waals surface area contributed by atoms with Gasteiger partial charge in [-0.05, 0) is 12.1 Å². The van der Waals surface area contributed by atoms with Crippen LogP contribution in [0.5, 0.6) is 0 Å². The number of amides is 3. The summed E-state index contributed by atoms with van der Waals surface area (Å²) in [6.45, 7) is 5.74. The van der Waals surface area contributed by atoms with Crippen LogP contribution in [0.4, 0.5) is 5.69 Å². The zero-order valence-electron chi connectivity index (χ0n) is 17.3. The molecule has 0 unspecified atom stereocenters. The standard InChI is InChI=1S/C21H30N4O4S/c26-19(16-30-17-21(28)25-12-14-29-15-13-25)22-7-6-20(27)24-10-8-23(9-11-24)18-4-2-1-3-5-18/h1-5H,6-17H2,(H,22,26). The van der Waals surface area contributed by atoms with Gasteiger partial charge in [-0.3, -0.25) is 14.4 Å². The van der Waals surface area contributed by atoms with Gasteiger partial charge < -0.3 is 24.8 Å². The molecule has 2 saturated heterocycles. The lowest BCUT2D eigenvalue weighted by molar-refractivity contribution is -0.132. The van der Waals surface area contributed by atoms with E-state index in [4.69, 9.17) is 4.74 Å². The van der Waals surface area contributed by atoms with Crippen molar-refractivity contribution in [3.63, 3.8) is 0 Å². The number of piperazine rings is 1. The van der Waals surface area contributed by atoms with Crippen LogP contribution < -0.4 is 10.2 Å². The second-order valence-electron chi connectivity index (χ2n) is 7.29. The molecule has 0 aliphatic carbocycles. The van der Waals surface area contributed by atoms with E-state index < -0.39 is 0 Å². The minimum Gasteiger partial charge on any atom is -0.378 e. The number of hydrogen-bond donors (Lipinski definition) is 1. The fourth-order valence-electron chi connectivity index (χ4n) is 3.51. The van der Waals surface area contributed by atoms with Gasteiger partial charge in [-0.15, -0.1) is 11.8 Å². The molecule has 0 saturated carbocycles. The number of carbonyl (C=O) groups excluding carboxylic acids is 3. The molecule has 0 aromatic heterocycles. The molecule has 1 N–H and O–H groups in total. The maximum absolute atomic E-state index is 12.4. The highest BCUT2D eigenvalue weighted by molar-refractivity contribution is 8.00. The van der Waals surface area contributed by atoms with Gasteiger partial charge in [0.1, 0.15) is 0 Å². The van der Waals surface area contributed by atoms with Crippen LogP contribution in [0.2, 0.25) is 0 Å². The van der Waals surface area contributed by atoms with E-state index in [9.17, 15) is 14.4 Å². The monoisotopic (exact) mass is 434 g/mol. The molecular weight excluding hydrogens is 404 g/mol. The number of anilines is 1. The molecule has 3 rings (SSSR count). The summed E-state index contributed by atoms with van der Waals surface area (Å²) >= 11 is 1.30. The Balaban J connectivity index is 1.25. The minimum atomic E-state index is -0.142. The molecule has 0 spiro atoms. The van der Waals surface area contributed by atoms with Crippen LogP contribution in [-0.4, -0.2) is 98.1 Å². The van der Waals surface area contributed by atoms with E-state index in [1.54, 1.807) is 4.90 Å². The highest BCUT2D eigenvalue weighted by Crippen LogP contribution is 2.15. The third-order valence-electron chi connectivity index (χ3n) is 5.24. The van der Waals surface area contributed by atoms with E-state index >= 15 is 0 Å². The molecule has 2 fully saturated rings. The fourth-order valence-corrected chi connectivity index (χ4v) is 4.25. The number of rotatable bonds is 8. The molecule has 0 bridgehead atoms. The number of thioether (sulfide) groups is 1. The number of para-hydroxylation sites is 1. The van der Waals surface area contributed by atoms with Crippen molar-refractivity contribution in [2.75, 3.05) is 75.4 Å². The molecule has 9 heteroatoms. The zero-order valence-corrected chi connectivity index (χ0v) is 18.1. The van der Waals surface area contributed by atoms with Crippen LogP contribution in [0, 0.1) is 0 Å². The smallest absolute Gasteiger partial charge is 0.232 e. The first-order chi connectivity index (χ1) is 14.6. The van der Waals surface area contributed by atoms with Crippen LogP contribution in [0.15, 0.2) is 30.3 Å². The van der Waals surface area contributed by atoms with Gasteiger partial charge in [0.2, 0.25) is 17.7 Å². The van der Waals surface area contributed by atoms with Crippen molar-refractivity contribution >= 4 is 35.2 Å². The Bertz CT molecular complexity index is 704. The Morgan fingerprint density at radius 3 is 2.23 bits per heavy atom. The lowest BCUT2D eigenvalue weighted by atomic mass is 10.2. The average Bonchev–Trinajstić information content (AvgIpc) is 2.80. The molecule has 8 nitrogen and oxygen atoms in total. The third-order valence-corrected chi connectivity index (χ3v) is 6.15. The molecular formula is C21H30N4O4S. The second kappa shape index (κ2) is 11.8. The van der Waals surface area contributed by atoms with Crippen molar-refractivity contribution in [3.8, 4) is 0 Å². The molecule has 2 aliphatic rings. The van der Waals surface area contributed by atoms with Crippen molar-refractivity contribution < 1.29 is 19.1 Å². The molecule has 0 radical (unpaired) electrons. The fraction of sp³-hybridized carbons (Fsp3) is 0.571. The van der Waals surface area contributed by atoms with E-state index in [-0.39, 0.29) is 29.2 Å². The van der Waals surface area contributed by atoms with Crippen LogP contribution in [0.3, 0.4) is 0 Å². The van der Waals surface area contributed by atoms with Crippen molar-refractivity contribution in [2.24, 2.45) is 0 Å². The van der Waals surface area contributed by atoms with E-state index in [2.05, 4.69) is 22.3 Å². The highest BCUT2D eigenvalue weighted by Gasteiger charge is 2.21. The number of carbonyl (C=O) groups is 3. The summed E-state index contributed by atoms with van der Waals surface area (Å²) in [6.07, 6.45) is 0.300. The Morgan fingerprint density at radius 1 is 0.867 bits per heavy atom. The van der Waals surface area contributed by atoms with Crippen molar-refractivity contribution in [1.29, 1.82) is 0 Å². The van der Waals surface area contributed by atoms with Crippen LogP contribution >= 0.6 is 11.8 Å². The molecule has 2 heterocycles. The summed E-state index contributed by atoms with van der Waals surface area (Å²) < 4.78 is 5.23. The lowest BCUT2D eigenvalue weighted by Crippen LogP contribution is -2.49. The predicted molar refractivity (Wildman–Crippen MR) is 118 cm³/mol. The molecule has 0 atom stereocenters. The first-order valence-corrected chi connectivity index (χ1v) is 11.6. The van der Waals surface area contributed by atoms with Gasteiger partial charge in [-0.1, -0.05) is 18.2 Å². The summed E-state index contributed by atoms with van der Waals surface area (Å²) in [5.41, 5.74) is 1.18. The predicted octanol–water partition coefficient (Wildman–Crippen LogP) is 0.434. The van der Waals surface area contributed by atoms with E-state index in [1.807, 2.05) is 23.1 Å². The largest absolute Gasteiger partial charge is 0.378 e. The summed E-state index contributed by atoms with van der Waals surface area (Å²) in [5, 5.41) is 2.78. The Hall–Kier alpha value is -2.26. The molecule has 3 amide bonds. The van der Waals surface area contributed by atoms with Gasteiger partial charge in [0.15, 0.2) is 0 Å². The van der Waals surface area contributed by atoms with E-state index in [0.717, 1.165) is 13.1 Å². The summed E-state index contributed by atoms with van der Waals surface area (Å²) in [4.78, 5) is 42.3. The van der Waals surface area contributed by atoms with E-state index in [1.165, 1.54) is 17.4 Å². The van der Waals surface area contributed by atoms with Gasteiger partial charge in [0, 0.05) is 57.9 Å². The molecule has 1 aromatic rings. The second-order valence-corrected chi connectivity index (χ2v) is 8.27. The van der Waals surface area contributed by atoms with Crippen molar-refractivity contribution in [1.82, 2.24) is 15.1 Å². The van der Waals surface area contributed by atoms with Gasteiger partial charge in [-0.2, -0.15) is 0 Å². The van der Waals surface area contributed by atoms with Crippen LogP contribution in [0.25, 0.3) is 0 Å². The number of ether oxygens (including phenoxy) is 1. The van der Waals surface area contributed by atoms with Crippen LogP contribution in [0.1, 0.15) is 6.42 Å². The van der Waals surface area contributed by atoms with Crippen LogP contribution in [-0.2, 0) is 19.1 Å². The number of nitrogens with zero attached hydrogens (tertiary/aromatic N) is 3. The van der Waals surface area contributed by atoms with Gasteiger partial charge in [-0.25, -0.2) is 0 Å². The van der Waals surface area contributed by atoms with Gasteiger partial charge >= 0.3 is 0 Å². The summed E-state index contributed by atoms with van der Waals surface area (Å²) in [7, 11) is 0. The molecule has 1 aromatic carbocycles. The van der Waals surface area contributed by atoms with Crippen molar-refractivity contribution in [2.45, 2.75) is 6.42 Å². The summed E-state index contributed by atoms with van der Waals surface area (Å²) in [5.74, 6) is 0.480. The van der Waals surface area contributed by atoms with Crippen molar-refractivity contribution in [3.05, 3.63) is 30.3 Å².